The van der Waals surface area contributed by atoms with Crippen molar-refractivity contribution in [2.24, 2.45) is 10.9 Å². The van der Waals surface area contributed by atoms with E-state index >= 15 is 0 Å². The maximum absolute atomic E-state index is 10.0. The molecule has 6 heteroatoms. The van der Waals surface area contributed by atoms with Gasteiger partial charge in [-0.15, -0.1) is 0 Å². The Hall–Kier alpha value is -0.300. The summed E-state index contributed by atoms with van der Waals surface area (Å²) in [5.74, 6) is -0.230. The minimum absolute atomic E-state index is 0.0799. The summed E-state index contributed by atoms with van der Waals surface area (Å²) >= 11 is 1.62. The predicted molar refractivity (Wildman–Crippen MR) is 68.1 cm³/mol. The summed E-state index contributed by atoms with van der Waals surface area (Å²) in [6.45, 7) is 2.76. The van der Waals surface area contributed by atoms with Crippen LogP contribution in [0.3, 0.4) is 0 Å². The molecule has 0 radical (unpaired) electrons. The average Bonchev–Trinajstić information content (AvgIpc) is 2.74. The molecule has 1 saturated carbocycles. The summed E-state index contributed by atoms with van der Waals surface area (Å²) in [7, 11) is 0. The fraction of sp³-hybridized carbons (Fsp3) is 0.909. The summed E-state index contributed by atoms with van der Waals surface area (Å²) in [4.78, 5) is 4.39. The van der Waals surface area contributed by atoms with Crippen LogP contribution in [0.1, 0.15) is 19.8 Å². The zero-order valence-corrected chi connectivity index (χ0v) is 10.7. The molecule has 98 valence electrons. The van der Waals surface area contributed by atoms with Crippen LogP contribution in [-0.4, -0.2) is 57.1 Å². The molecule has 2 rings (SSSR count). The van der Waals surface area contributed by atoms with Crippen molar-refractivity contribution >= 4 is 16.9 Å². The highest BCUT2D eigenvalue weighted by Gasteiger charge is 2.47. The van der Waals surface area contributed by atoms with E-state index in [1.807, 2.05) is 0 Å². The average molecular weight is 260 g/mol. The van der Waals surface area contributed by atoms with E-state index in [4.69, 9.17) is 0 Å². The standard InChI is InChI=1S/C11H20N2O3S/c1-2-3-12-11-13-8-7(17-11)4-6(5-14)9(15)10(8)16/h6-10,14-16H,2-5H2,1H3,(H,12,13)/t6-,7+,8+,9-,10-/m1/s1. The van der Waals surface area contributed by atoms with Crippen molar-refractivity contribution in [3.8, 4) is 0 Å². The molecular weight excluding hydrogens is 240 g/mol. The van der Waals surface area contributed by atoms with Crippen molar-refractivity contribution in [1.29, 1.82) is 0 Å². The number of amidine groups is 1. The van der Waals surface area contributed by atoms with Crippen molar-refractivity contribution in [1.82, 2.24) is 5.32 Å². The number of aliphatic hydroxyl groups excluding tert-OH is 3. The number of nitrogens with zero attached hydrogens (tertiary/aromatic N) is 1. The third-order valence-electron chi connectivity index (χ3n) is 3.40. The van der Waals surface area contributed by atoms with Crippen LogP contribution in [0.5, 0.6) is 0 Å². The molecule has 0 aromatic rings. The molecule has 2 fully saturated rings. The maximum atomic E-state index is 10.0. The molecule has 5 atom stereocenters. The second-order valence-electron chi connectivity index (χ2n) is 4.67. The highest BCUT2D eigenvalue weighted by atomic mass is 32.2. The van der Waals surface area contributed by atoms with Gasteiger partial charge in [-0.1, -0.05) is 18.7 Å². The number of aliphatic hydroxyl groups is 3. The van der Waals surface area contributed by atoms with Gasteiger partial charge in [0.1, 0.15) is 6.10 Å². The molecular formula is C11H20N2O3S. The van der Waals surface area contributed by atoms with Gasteiger partial charge in [0.15, 0.2) is 5.17 Å². The molecule has 2 aliphatic rings. The fourth-order valence-corrected chi connectivity index (χ4v) is 3.77. The largest absolute Gasteiger partial charge is 0.396 e. The quantitative estimate of drug-likeness (QED) is 0.553. The van der Waals surface area contributed by atoms with Gasteiger partial charge >= 0.3 is 0 Å². The normalized spacial score (nSPS) is 43.5. The molecule has 0 spiro atoms. The maximum Gasteiger partial charge on any atom is 0.157 e. The number of nitrogens with one attached hydrogen (secondary N) is 1. The zero-order valence-electron chi connectivity index (χ0n) is 9.91. The van der Waals surface area contributed by atoms with E-state index in [1.165, 1.54) is 0 Å². The lowest BCUT2D eigenvalue weighted by Crippen LogP contribution is -2.56. The highest BCUT2D eigenvalue weighted by molar-refractivity contribution is 8.14. The summed E-state index contributed by atoms with van der Waals surface area (Å²) in [5, 5.41) is 33.2. The lowest BCUT2D eigenvalue weighted by atomic mass is 9.81. The third-order valence-corrected chi connectivity index (χ3v) is 4.66. The molecule has 0 unspecified atom stereocenters. The third kappa shape index (κ3) is 2.59. The van der Waals surface area contributed by atoms with E-state index in [0.29, 0.717) is 6.42 Å². The summed E-state index contributed by atoms with van der Waals surface area (Å²) < 4.78 is 0. The van der Waals surface area contributed by atoms with Gasteiger partial charge < -0.3 is 20.6 Å². The molecule has 17 heavy (non-hydrogen) atoms. The van der Waals surface area contributed by atoms with Crippen LogP contribution in [0, 0.1) is 5.92 Å². The van der Waals surface area contributed by atoms with Crippen LogP contribution in [0.15, 0.2) is 4.99 Å². The molecule has 1 saturated heterocycles. The Morgan fingerprint density at radius 1 is 1.41 bits per heavy atom. The van der Waals surface area contributed by atoms with Gasteiger partial charge in [0.05, 0.1) is 12.1 Å². The number of hydrogen-bond donors (Lipinski definition) is 4. The summed E-state index contributed by atoms with van der Waals surface area (Å²) in [6, 6.07) is -0.145. The van der Waals surface area contributed by atoms with Crippen LogP contribution in [0.4, 0.5) is 0 Å². The molecule has 5 nitrogen and oxygen atoms in total. The lowest BCUT2D eigenvalue weighted by molar-refractivity contribution is -0.0680. The van der Waals surface area contributed by atoms with E-state index in [-0.39, 0.29) is 23.8 Å². The Morgan fingerprint density at radius 3 is 2.82 bits per heavy atom. The van der Waals surface area contributed by atoms with Gasteiger partial charge in [-0.2, -0.15) is 0 Å². The van der Waals surface area contributed by atoms with E-state index < -0.39 is 12.2 Å². The second-order valence-corrected chi connectivity index (χ2v) is 5.90. The Kier molecular flexibility index (Phi) is 4.30. The second kappa shape index (κ2) is 5.56. The number of thioether (sulfide) groups is 1. The molecule has 1 aliphatic heterocycles. The van der Waals surface area contributed by atoms with E-state index in [9.17, 15) is 15.3 Å². The molecule has 0 amide bonds. The first kappa shape index (κ1) is 13.1. The first-order valence-electron chi connectivity index (χ1n) is 6.12. The molecule has 0 aromatic carbocycles. The molecule has 1 heterocycles. The number of aliphatic imine (C=N–C) groups is 1. The Bertz CT molecular complexity index is 300. The lowest BCUT2D eigenvalue weighted by Gasteiger charge is -2.37. The van der Waals surface area contributed by atoms with Crippen LogP contribution in [0.25, 0.3) is 0 Å². The van der Waals surface area contributed by atoms with Gasteiger partial charge in [0.2, 0.25) is 0 Å². The Morgan fingerprint density at radius 2 is 2.18 bits per heavy atom. The number of hydrogen-bond acceptors (Lipinski definition) is 5. The minimum atomic E-state index is -0.847. The summed E-state index contributed by atoms with van der Waals surface area (Å²) in [5.41, 5.74) is 0. The smallest absolute Gasteiger partial charge is 0.157 e. The van der Waals surface area contributed by atoms with Crippen molar-refractivity contribution in [3.63, 3.8) is 0 Å². The zero-order chi connectivity index (χ0) is 12.4. The molecule has 0 aromatic heterocycles. The number of fused-ring (bicyclic) bond motifs is 1. The SMILES string of the molecule is CCCN=C1N[C@@H]2[C@@H](O)[C@H](O)[C@@H](CO)C[C@@H]2S1. The van der Waals surface area contributed by atoms with Gasteiger partial charge in [-0.05, 0) is 12.8 Å². The predicted octanol–water partition coefficient (Wildman–Crippen LogP) is -0.440. The molecule has 1 aliphatic carbocycles. The highest BCUT2D eigenvalue weighted by Crippen LogP contribution is 2.37. The van der Waals surface area contributed by atoms with Crippen LogP contribution >= 0.6 is 11.8 Å². The van der Waals surface area contributed by atoms with Crippen LogP contribution in [0.2, 0.25) is 0 Å². The van der Waals surface area contributed by atoms with Crippen molar-refractivity contribution in [2.45, 2.75) is 43.3 Å². The van der Waals surface area contributed by atoms with Gasteiger partial charge in [-0.25, -0.2) is 0 Å². The van der Waals surface area contributed by atoms with Crippen LogP contribution in [-0.2, 0) is 0 Å². The van der Waals surface area contributed by atoms with Gasteiger partial charge in [0, 0.05) is 24.3 Å². The van der Waals surface area contributed by atoms with Gasteiger partial charge in [-0.3, -0.25) is 4.99 Å². The Labute approximate surface area is 105 Å². The van der Waals surface area contributed by atoms with E-state index in [1.54, 1.807) is 11.8 Å². The first-order chi connectivity index (χ1) is 8.17. The van der Waals surface area contributed by atoms with Crippen molar-refractivity contribution in [2.75, 3.05) is 13.2 Å². The summed E-state index contributed by atoms with van der Waals surface area (Å²) in [6.07, 6.45) is 0.0286. The van der Waals surface area contributed by atoms with E-state index in [0.717, 1.165) is 18.1 Å². The number of rotatable bonds is 3. The minimum Gasteiger partial charge on any atom is -0.396 e. The van der Waals surface area contributed by atoms with Crippen molar-refractivity contribution in [3.05, 3.63) is 0 Å². The topological polar surface area (TPSA) is 85.1 Å². The molecule has 4 N–H and O–H groups in total. The fourth-order valence-electron chi connectivity index (χ4n) is 2.39. The van der Waals surface area contributed by atoms with Crippen molar-refractivity contribution < 1.29 is 15.3 Å². The van der Waals surface area contributed by atoms with E-state index in [2.05, 4.69) is 17.2 Å². The first-order valence-corrected chi connectivity index (χ1v) is 7.00. The van der Waals surface area contributed by atoms with Crippen LogP contribution < -0.4 is 5.32 Å². The monoisotopic (exact) mass is 260 g/mol. The van der Waals surface area contributed by atoms with Gasteiger partial charge in [0.25, 0.3) is 0 Å². The molecule has 0 bridgehead atoms. The Balaban J connectivity index is 2.04.